The van der Waals surface area contributed by atoms with E-state index in [1.807, 2.05) is 27.1 Å². The number of hydrogen-bond acceptors (Lipinski definition) is 6. The van der Waals surface area contributed by atoms with Crippen molar-refractivity contribution in [3.8, 4) is 11.3 Å². The average molecular weight is 531 g/mol. The van der Waals surface area contributed by atoms with Gasteiger partial charge in [0.1, 0.15) is 10.3 Å². The molecule has 2 saturated carbocycles. The topological polar surface area (TPSA) is 96.8 Å². The first kappa shape index (κ1) is 25.7. The molecule has 0 bridgehead atoms. The summed E-state index contributed by atoms with van der Waals surface area (Å²) >= 11 is 1.77. The SMILES string of the molecule is Cc1c(-c2[nH]c3sc(C4CCC(NCC5(S(C)(=O)=O)CC5)CC4)nc3c2C(C)C)cn(C)c(=O)c1C. The van der Waals surface area contributed by atoms with Crippen molar-refractivity contribution in [2.24, 2.45) is 7.05 Å². The molecule has 9 heteroatoms. The summed E-state index contributed by atoms with van der Waals surface area (Å²) in [6, 6.07) is 0.388. The van der Waals surface area contributed by atoms with E-state index in [9.17, 15) is 13.2 Å². The monoisotopic (exact) mass is 530 g/mol. The van der Waals surface area contributed by atoms with Crippen molar-refractivity contribution in [1.82, 2.24) is 19.9 Å². The molecule has 0 aliphatic heterocycles. The Bertz CT molecular complexity index is 1470. The van der Waals surface area contributed by atoms with Crippen LogP contribution in [0.25, 0.3) is 21.6 Å². The molecule has 0 radical (unpaired) electrons. The molecule has 0 spiro atoms. The van der Waals surface area contributed by atoms with Crippen LogP contribution in [0.15, 0.2) is 11.0 Å². The molecule has 3 aromatic rings. The van der Waals surface area contributed by atoms with Crippen LogP contribution in [0.5, 0.6) is 0 Å². The maximum Gasteiger partial charge on any atom is 0.253 e. The summed E-state index contributed by atoms with van der Waals surface area (Å²) in [5, 5.41) is 4.77. The highest BCUT2D eigenvalue weighted by atomic mass is 32.2. The average Bonchev–Trinajstić information content (AvgIpc) is 3.41. The molecule has 2 fully saturated rings. The first-order valence-electron chi connectivity index (χ1n) is 13.0. The number of fused-ring (bicyclic) bond motifs is 1. The molecule has 2 N–H and O–H groups in total. The summed E-state index contributed by atoms with van der Waals surface area (Å²) < 4.78 is 25.3. The first-order valence-corrected chi connectivity index (χ1v) is 15.7. The van der Waals surface area contributed by atoms with E-state index in [0.717, 1.165) is 71.3 Å². The Balaban J connectivity index is 1.35. The number of H-pyrrole nitrogens is 1. The van der Waals surface area contributed by atoms with Crippen molar-refractivity contribution in [3.05, 3.63) is 38.2 Å². The fourth-order valence-electron chi connectivity index (χ4n) is 5.77. The molecular weight excluding hydrogens is 492 g/mol. The third-order valence-electron chi connectivity index (χ3n) is 8.57. The lowest BCUT2D eigenvalue weighted by Crippen LogP contribution is -2.41. The number of nitrogens with one attached hydrogen (secondary N) is 2. The van der Waals surface area contributed by atoms with Crippen LogP contribution in [0.4, 0.5) is 0 Å². The molecule has 0 amide bonds. The fraction of sp³-hybridized carbons (Fsp3) is 0.630. The zero-order chi connectivity index (χ0) is 26.0. The summed E-state index contributed by atoms with van der Waals surface area (Å²) in [5.74, 6) is 0.744. The lowest BCUT2D eigenvalue weighted by atomic mass is 9.86. The largest absolute Gasteiger partial charge is 0.345 e. The van der Waals surface area contributed by atoms with Gasteiger partial charge in [-0.1, -0.05) is 13.8 Å². The predicted molar refractivity (Wildman–Crippen MR) is 148 cm³/mol. The Morgan fingerprint density at radius 3 is 2.44 bits per heavy atom. The standard InChI is InChI=1S/C27H38N4O3S2/c1-15(2)21-22(20-13-31(5)26(32)17(4)16(20)3)29-25-23(21)30-24(35-25)18-7-9-19(10-8-18)28-14-27(11-12-27)36(6,33)34/h13,15,18-19,28-29H,7-12,14H2,1-6H3. The lowest BCUT2D eigenvalue weighted by Gasteiger charge is -2.29. The molecule has 7 nitrogen and oxygen atoms in total. The first-order chi connectivity index (χ1) is 16.9. The zero-order valence-electron chi connectivity index (χ0n) is 22.2. The zero-order valence-corrected chi connectivity index (χ0v) is 23.8. The normalized spacial score (nSPS) is 22.0. The highest BCUT2D eigenvalue weighted by Crippen LogP contribution is 2.44. The van der Waals surface area contributed by atoms with Gasteiger partial charge in [0.2, 0.25) is 0 Å². The molecule has 3 heterocycles. The van der Waals surface area contributed by atoms with Gasteiger partial charge in [-0.15, -0.1) is 11.3 Å². The Labute approximate surface area is 217 Å². The van der Waals surface area contributed by atoms with E-state index in [1.54, 1.807) is 15.9 Å². The molecule has 196 valence electrons. The number of thiazole rings is 1. The number of nitrogens with zero attached hydrogens (tertiary/aromatic N) is 2. The van der Waals surface area contributed by atoms with Crippen LogP contribution in [0, 0.1) is 13.8 Å². The molecule has 36 heavy (non-hydrogen) atoms. The number of sulfone groups is 1. The van der Waals surface area contributed by atoms with E-state index in [-0.39, 0.29) is 5.56 Å². The van der Waals surface area contributed by atoms with Crippen molar-refractivity contribution in [2.75, 3.05) is 12.8 Å². The predicted octanol–water partition coefficient (Wildman–Crippen LogP) is 4.92. The van der Waals surface area contributed by atoms with Gasteiger partial charge in [-0.2, -0.15) is 0 Å². The third-order valence-corrected chi connectivity index (χ3v) is 11.8. The van der Waals surface area contributed by atoms with E-state index < -0.39 is 14.6 Å². The minimum absolute atomic E-state index is 0.0461. The Hall–Kier alpha value is -1.97. The highest BCUT2D eigenvalue weighted by molar-refractivity contribution is 7.92. The van der Waals surface area contributed by atoms with Crippen LogP contribution in [0.2, 0.25) is 0 Å². The number of aromatic amines is 1. The van der Waals surface area contributed by atoms with E-state index in [2.05, 4.69) is 24.1 Å². The fourth-order valence-corrected chi connectivity index (χ4v) is 8.12. The van der Waals surface area contributed by atoms with Crippen molar-refractivity contribution in [1.29, 1.82) is 0 Å². The van der Waals surface area contributed by atoms with E-state index in [4.69, 9.17) is 4.98 Å². The highest BCUT2D eigenvalue weighted by Gasteiger charge is 2.51. The second kappa shape index (κ2) is 9.10. The Kier molecular flexibility index (Phi) is 6.49. The molecule has 0 saturated heterocycles. The summed E-state index contributed by atoms with van der Waals surface area (Å²) in [6.07, 6.45) is 9.15. The maximum atomic E-state index is 12.4. The van der Waals surface area contributed by atoms with Crippen LogP contribution in [0.3, 0.4) is 0 Å². The second-order valence-electron chi connectivity index (χ2n) is 11.4. The summed E-state index contributed by atoms with van der Waals surface area (Å²) in [4.78, 5) is 22.4. The van der Waals surface area contributed by atoms with Gasteiger partial charge < -0.3 is 14.9 Å². The summed E-state index contributed by atoms with van der Waals surface area (Å²) in [7, 11) is -1.18. The van der Waals surface area contributed by atoms with Crippen molar-refractivity contribution in [2.45, 2.75) is 88.8 Å². The summed E-state index contributed by atoms with van der Waals surface area (Å²) in [5.41, 5.74) is 6.28. The van der Waals surface area contributed by atoms with Crippen molar-refractivity contribution in [3.63, 3.8) is 0 Å². The van der Waals surface area contributed by atoms with Crippen LogP contribution in [-0.2, 0) is 16.9 Å². The minimum Gasteiger partial charge on any atom is -0.345 e. The molecular formula is C27H38N4O3S2. The summed E-state index contributed by atoms with van der Waals surface area (Å²) in [6.45, 7) is 8.92. The van der Waals surface area contributed by atoms with Crippen molar-refractivity contribution < 1.29 is 8.42 Å². The number of aromatic nitrogens is 3. The molecule has 0 aromatic carbocycles. The van der Waals surface area contributed by atoms with Crippen LogP contribution >= 0.6 is 11.3 Å². The number of rotatable bonds is 7. The lowest BCUT2D eigenvalue weighted by molar-refractivity contribution is 0.341. The van der Waals surface area contributed by atoms with Crippen LogP contribution < -0.4 is 10.9 Å². The van der Waals surface area contributed by atoms with Gasteiger partial charge in [0.25, 0.3) is 5.56 Å². The molecule has 2 aliphatic carbocycles. The molecule has 0 atom stereocenters. The van der Waals surface area contributed by atoms with E-state index in [1.165, 1.54) is 16.8 Å². The smallest absolute Gasteiger partial charge is 0.253 e. The van der Waals surface area contributed by atoms with Gasteiger partial charge in [-0.3, -0.25) is 4.79 Å². The molecule has 2 aliphatic rings. The van der Waals surface area contributed by atoms with Gasteiger partial charge in [0.05, 0.1) is 15.4 Å². The van der Waals surface area contributed by atoms with Gasteiger partial charge in [0, 0.05) is 54.7 Å². The van der Waals surface area contributed by atoms with Gasteiger partial charge in [0.15, 0.2) is 9.84 Å². The second-order valence-corrected chi connectivity index (χ2v) is 14.8. The number of pyridine rings is 1. The van der Waals surface area contributed by atoms with Crippen molar-refractivity contribution >= 4 is 31.5 Å². The Morgan fingerprint density at radius 2 is 1.86 bits per heavy atom. The number of aryl methyl sites for hydroxylation is 1. The van der Waals surface area contributed by atoms with Gasteiger partial charge >= 0.3 is 0 Å². The third kappa shape index (κ3) is 4.37. The molecule has 3 aromatic heterocycles. The quantitative estimate of drug-likeness (QED) is 0.452. The number of hydrogen-bond donors (Lipinski definition) is 2. The van der Waals surface area contributed by atoms with E-state index >= 15 is 0 Å². The van der Waals surface area contributed by atoms with Crippen LogP contribution in [0.1, 0.15) is 85.9 Å². The minimum atomic E-state index is -2.99. The van der Waals surface area contributed by atoms with Gasteiger partial charge in [-0.05, 0) is 63.9 Å². The molecule has 0 unspecified atom stereocenters. The molecule has 5 rings (SSSR count). The van der Waals surface area contributed by atoms with Gasteiger partial charge in [-0.25, -0.2) is 13.4 Å². The maximum absolute atomic E-state index is 12.4. The Morgan fingerprint density at radius 1 is 1.19 bits per heavy atom. The van der Waals surface area contributed by atoms with Crippen LogP contribution in [-0.4, -0.2) is 46.5 Å². The van der Waals surface area contributed by atoms with E-state index in [0.29, 0.717) is 24.4 Å².